The molecule has 5 aromatic rings. The van der Waals surface area contributed by atoms with Crippen LogP contribution in [0.25, 0.3) is 43.8 Å². The van der Waals surface area contributed by atoms with Crippen LogP contribution in [0, 0.1) is 0 Å². The van der Waals surface area contributed by atoms with Gasteiger partial charge in [0.25, 0.3) is 0 Å². The third kappa shape index (κ3) is 1.85. The van der Waals surface area contributed by atoms with Gasteiger partial charge in [-0.05, 0) is 91.0 Å². The van der Waals surface area contributed by atoms with E-state index < -0.39 is 0 Å². The maximum absolute atomic E-state index is 2.41. The van der Waals surface area contributed by atoms with Gasteiger partial charge < -0.3 is 0 Å². The summed E-state index contributed by atoms with van der Waals surface area (Å²) < 4.78 is 0. The minimum Gasteiger partial charge on any atom is -0.0616 e. The van der Waals surface area contributed by atoms with Crippen LogP contribution in [0.3, 0.4) is 0 Å². The molecule has 0 N–H and O–H groups in total. The zero-order valence-corrected chi connectivity index (χ0v) is 15.5. The lowest BCUT2D eigenvalue weighted by Gasteiger charge is -2.10. The first-order valence-corrected chi connectivity index (χ1v) is 10.0. The standard InChI is InChI=1S/C28H18/c1-3-7-19-14-25-23(12-18(19)6-1)16-27-24(25)10-9-21-13-22-11-17-5-2-4-8-20(17)15-26(22)28(21)27/h1-12,14-15H,13,16H2. The summed E-state index contributed by atoms with van der Waals surface area (Å²) in [6.45, 7) is 0. The Labute approximate surface area is 164 Å². The molecule has 0 saturated carbocycles. The first-order valence-electron chi connectivity index (χ1n) is 10.0. The quantitative estimate of drug-likeness (QED) is 0.272. The van der Waals surface area contributed by atoms with Crippen LogP contribution in [-0.4, -0.2) is 0 Å². The maximum Gasteiger partial charge on any atom is -0.000695 e. The van der Waals surface area contributed by atoms with E-state index in [1.54, 1.807) is 0 Å². The molecule has 0 aromatic heterocycles. The van der Waals surface area contributed by atoms with Crippen molar-refractivity contribution in [1.82, 2.24) is 0 Å². The van der Waals surface area contributed by atoms with Gasteiger partial charge >= 0.3 is 0 Å². The van der Waals surface area contributed by atoms with Gasteiger partial charge in [-0.15, -0.1) is 0 Å². The van der Waals surface area contributed by atoms with Gasteiger partial charge in [-0.1, -0.05) is 72.8 Å². The van der Waals surface area contributed by atoms with E-state index in [1.807, 2.05) is 0 Å². The average Bonchev–Trinajstić information content (AvgIpc) is 3.27. The Kier molecular flexibility index (Phi) is 2.67. The van der Waals surface area contributed by atoms with E-state index in [2.05, 4.69) is 84.9 Å². The van der Waals surface area contributed by atoms with E-state index in [9.17, 15) is 0 Å². The van der Waals surface area contributed by atoms with Crippen molar-refractivity contribution in [1.29, 1.82) is 0 Å². The van der Waals surface area contributed by atoms with Gasteiger partial charge in [0.1, 0.15) is 0 Å². The molecular weight excluding hydrogens is 336 g/mol. The Balaban J connectivity index is 1.50. The SMILES string of the molecule is c1ccc2cc3c(cc2c1)Cc1c-3ccc2c1-c1cc3ccccc3cc1C2. The molecule has 0 heteroatoms. The predicted molar refractivity (Wildman–Crippen MR) is 118 cm³/mol. The highest BCUT2D eigenvalue weighted by Crippen LogP contribution is 2.49. The van der Waals surface area contributed by atoms with Crippen molar-refractivity contribution >= 4 is 21.5 Å². The van der Waals surface area contributed by atoms with Crippen LogP contribution in [0.2, 0.25) is 0 Å². The monoisotopic (exact) mass is 354 g/mol. The summed E-state index contributed by atoms with van der Waals surface area (Å²) >= 11 is 0. The molecule has 0 atom stereocenters. The van der Waals surface area contributed by atoms with Crippen LogP contribution in [0.15, 0.2) is 84.9 Å². The van der Waals surface area contributed by atoms with Gasteiger partial charge in [0, 0.05) is 0 Å². The Hall–Kier alpha value is -3.38. The largest absolute Gasteiger partial charge is 0.0616 e. The zero-order valence-electron chi connectivity index (χ0n) is 15.5. The van der Waals surface area contributed by atoms with Crippen molar-refractivity contribution < 1.29 is 0 Å². The smallest absolute Gasteiger partial charge is 0.000695 e. The molecule has 130 valence electrons. The molecule has 0 unspecified atom stereocenters. The Bertz CT molecular complexity index is 1450. The maximum atomic E-state index is 2.41. The molecular formula is C28H18. The number of benzene rings is 5. The van der Waals surface area contributed by atoms with E-state index in [0.717, 1.165) is 12.8 Å². The lowest BCUT2D eigenvalue weighted by Crippen LogP contribution is -1.89. The average molecular weight is 354 g/mol. The molecule has 0 fully saturated rings. The van der Waals surface area contributed by atoms with Crippen LogP contribution in [0.4, 0.5) is 0 Å². The van der Waals surface area contributed by atoms with Crippen LogP contribution < -0.4 is 0 Å². The summed E-state index contributed by atoms with van der Waals surface area (Å²) in [5.41, 5.74) is 11.8. The summed E-state index contributed by atoms with van der Waals surface area (Å²) in [6, 6.07) is 31.8. The zero-order chi connectivity index (χ0) is 18.2. The molecule has 0 spiro atoms. The molecule has 2 aliphatic rings. The molecule has 0 heterocycles. The van der Waals surface area contributed by atoms with E-state index in [1.165, 1.54) is 66.1 Å². The second kappa shape index (κ2) is 5.11. The van der Waals surface area contributed by atoms with Crippen molar-refractivity contribution in [3.63, 3.8) is 0 Å². The fourth-order valence-electron chi connectivity index (χ4n) is 5.36. The molecule has 0 radical (unpaired) electrons. The second-order valence-corrected chi connectivity index (χ2v) is 8.19. The van der Waals surface area contributed by atoms with Crippen LogP contribution in [0.1, 0.15) is 22.3 Å². The third-order valence-electron chi connectivity index (χ3n) is 6.65. The molecule has 0 nitrogen and oxygen atoms in total. The van der Waals surface area contributed by atoms with Gasteiger partial charge in [0.15, 0.2) is 0 Å². The molecule has 7 rings (SSSR count). The van der Waals surface area contributed by atoms with Gasteiger partial charge in [0.05, 0.1) is 0 Å². The number of rotatable bonds is 0. The Morgan fingerprint density at radius 2 is 1.00 bits per heavy atom. The van der Waals surface area contributed by atoms with Crippen LogP contribution in [0.5, 0.6) is 0 Å². The van der Waals surface area contributed by atoms with Crippen molar-refractivity contribution in [2.75, 3.05) is 0 Å². The third-order valence-corrected chi connectivity index (χ3v) is 6.65. The lowest BCUT2D eigenvalue weighted by atomic mass is 9.94. The molecule has 0 amide bonds. The van der Waals surface area contributed by atoms with E-state index in [0.29, 0.717) is 0 Å². The Morgan fingerprint density at radius 1 is 0.429 bits per heavy atom. The van der Waals surface area contributed by atoms with Crippen molar-refractivity contribution in [3.05, 3.63) is 107 Å². The number of hydrogen-bond acceptors (Lipinski definition) is 0. The Morgan fingerprint density at radius 3 is 1.68 bits per heavy atom. The summed E-state index contributed by atoms with van der Waals surface area (Å²) in [7, 11) is 0. The minimum absolute atomic E-state index is 1.05. The molecule has 5 aromatic carbocycles. The van der Waals surface area contributed by atoms with Crippen LogP contribution >= 0.6 is 0 Å². The fourth-order valence-corrected chi connectivity index (χ4v) is 5.36. The highest BCUT2D eigenvalue weighted by Gasteiger charge is 2.28. The van der Waals surface area contributed by atoms with Gasteiger partial charge in [0.2, 0.25) is 0 Å². The lowest BCUT2D eigenvalue weighted by molar-refractivity contribution is 1.24. The van der Waals surface area contributed by atoms with Gasteiger partial charge in [-0.25, -0.2) is 0 Å². The molecule has 0 aliphatic heterocycles. The van der Waals surface area contributed by atoms with Crippen LogP contribution in [-0.2, 0) is 12.8 Å². The summed E-state index contributed by atoms with van der Waals surface area (Å²) in [4.78, 5) is 0. The summed E-state index contributed by atoms with van der Waals surface area (Å²) in [5, 5.41) is 5.37. The topological polar surface area (TPSA) is 0 Å². The minimum atomic E-state index is 1.05. The van der Waals surface area contributed by atoms with E-state index >= 15 is 0 Å². The molecule has 28 heavy (non-hydrogen) atoms. The van der Waals surface area contributed by atoms with Crippen molar-refractivity contribution in [2.45, 2.75) is 12.8 Å². The first-order chi connectivity index (χ1) is 13.8. The molecule has 0 saturated heterocycles. The summed E-state index contributed by atoms with van der Waals surface area (Å²) in [6.07, 6.45) is 2.10. The predicted octanol–water partition coefficient (Wildman–Crippen LogP) is 7.14. The second-order valence-electron chi connectivity index (χ2n) is 8.19. The fraction of sp³-hybridized carbons (Fsp3) is 0.0714. The van der Waals surface area contributed by atoms with Gasteiger partial charge in [-0.2, -0.15) is 0 Å². The normalized spacial score (nSPS) is 13.4. The van der Waals surface area contributed by atoms with Crippen molar-refractivity contribution in [2.24, 2.45) is 0 Å². The summed E-state index contributed by atoms with van der Waals surface area (Å²) in [5.74, 6) is 0. The number of hydrogen-bond donors (Lipinski definition) is 0. The molecule has 0 bridgehead atoms. The van der Waals surface area contributed by atoms with Crippen molar-refractivity contribution in [3.8, 4) is 22.3 Å². The highest BCUT2D eigenvalue weighted by atomic mass is 14.3. The number of fused-ring (bicyclic) bond motifs is 9. The van der Waals surface area contributed by atoms with E-state index in [4.69, 9.17) is 0 Å². The van der Waals surface area contributed by atoms with Gasteiger partial charge in [-0.3, -0.25) is 0 Å². The highest BCUT2D eigenvalue weighted by molar-refractivity contribution is 5.98. The molecule has 2 aliphatic carbocycles. The van der Waals surface area contributed by atoms with E-state index in [-0.39, 0.29) is 0 Å². The first kappa shape index (κ1) is 14.6.